The Hall–Kier alpha value is -2.08. The van der Waals surface area contributed by atoms with Gasteiger partial charge in [-0.25, -0.2) is 0 Å². The number of nitrogens with two attached hydrogens (primary N) is 2. The molecule has 0 bridgehead atoms. The molecule has 120 valence electrons. The van der Waals surface area contributed by atoms with E-state index < -0.39 is 11.9 Å². The van der Waals surface area contributed by atoms with E-state index in [0.29, 0.717) is 17.7 Å². The van der Waals surface area contributed by atoms with Crippen LogP contribution in [0.4, 0.5) is 11.4 Å². The minimum atomic E-state index is -0.548. The summed E-state index contributed by atoms with van der Waals surface area (Å²) in [5, 5.41) is 2.85. The van der Waals surface area contributed by atoms with Crippen LogP contribution in [0.15, 0.2) is 18.2 Å². The van der Waals surface area contributed by atoms with Crippen LogP contribution in [-0.4, -0.2) is 30.9 Å². The summed E-state index contributed by atoms with van der Waals surface area (Å²) in [6, 6.07) is 4.62. The quantitative estimate of drug-likeness (QED) is 0.740. The Kier molecular flexibility index (Phi) is 5.38. The van der Waals surface area contributed by atoms with Gasteiger partial charge in [-0.15, -0.1) is 0 Å². The van der Waals surface area contributed by atoms with Gasteiger partial charge in [0, 0.05) is 18.7 Å². The van der Waals surface area contributed by atoms with Gasteiger partial charge in [0.25, 0.3) is 0 Å². The van der Waals surface area contributed by atoms with Gasteiger partial charge in [0.1, 0.15) is 0 Å². The highest BCUT2D eigenvalue weighted by molar-refractivity contribution is 6.01. The molecule has 1 atom stereocenters. The smallest absolute Gasteiger partial charge is 0.248 e. The van der Waals surface area contributed by atoms with Gasteiger partial charge in [0.2, 0.25) is 11.8 Å². The average molecular weight is 304 g/mol. The Morgan fingerprint density at radius 2 is 2.00 bits per heavy atom. The van der Waals surface area contributed by atoms with Gasteiger partial charge in [0.15, 0.2) is 0 Å². The number of primary amides is 1. The Morgan fingerprint density at radius 1 is 1.32 bits per heavy atom. The van der Waals surface area contributed by atoms with Crippen molar-refractivity contribution in [3.63, 3.8) is 0 Å². The van der Waals surface area contributed by atoms with Crippen molar-refractivity contribution in [3.8, 4) is 0 Å². The van der Waals surface area contributed by atoms with E-state index >= 15 is 0 Å². The molecule has 1 saturated heterocycles. The highest BCUT2D eigenvalue weighted by Crippen LogP contribution is 2.30. The molecule has 1 aliphatic heterocycles. The third-order valence-electron chi connectivity index (χ3n) is 3.92. The van der Waals surface area contributed by atoms with E-state index in [2.05, 4.69) is 10.2 Å². The summed E-state index contributed by atoms with van der Waals surface area (Å²) in [5.74, 6) is -0.745. The SMILES string of the molecule is CCCC(N)C(=O)Nc1cc(C(N)=O)ccc1N1CCCC1. The number of carbonyl (C=O) groups is 2. The number of nitrogens with one attached hydrogen (secondary N) is 1. The summed E-state index contributed by atoms with van der Waals surface area (Å²) >= 11 is 0. The summed E-state index contributed by atoms with van der Waals surface area (Å²) in [6.07, 6.45) is 3.72. The summed E-state index contributed by atoms with van der Waals surface area (Å²) < 4.78 is 0. The largest absolute Gasteiger partial charge is 0.370 e. The molecule has 1 aromatic carbocycles. The summed E-state index contributed by atoms with van der Waals surface area (Å²) in [5.41, 5.74) is 13.1. The molecular weight excluding hydrogens is 280 g/mol. The highest BCUT2D eigenvalue weighted by Gasteiger charge is 2.20. The standard InChI is InChI=1S/C16H24N4O2/c1-2-5-12(17)16(22)19-13-10-11(15(18)21)6-7-14(13)20-8-3-4-9-20/h6-7,10,12H,2-5,8-9,17H2,1H3,(H2,18,21)(H,19,22). The number of anilines is 2. The maximum absolute atomic E-state index is 12.2. The van der Waals surface area contributed by atoms with Crippen molar-refractivity contribution in [1.82, 2.24) is 0 Å². The summed E-state index contributed by atoms with van der Waals surface area (Å²) in [7, 11) is 0. The number of carbonyl (C=O) groups excluding carboxylic acids is 2. The lowest BCUT2D eigenvalue weighted by Gasteiger charge is -2.23. The molecule has 0 aliphatic carbocycles. The van der Waals surface area contributed by atoms with E-state index in [9.17, 15) is 9.59 Å². The first-order valence-corrected chi connectivity index (χ1v) is 7.78. The molecule has 0 spiro atoms. The van der Waals surface area contributed by atoms with Crippen LogP contribution in [0, 0.1) is 0 Å². The van der Waals surface area contributed by atoms with Gasteiger partial charge in [-0.05, 0) is 37.5 Å². The highest BCUT2D eigenvalue weighted by atomic mass is 16.2. The second kappa shape index (κ2) is 7.26. The van der Waals surface area contributed by atoms with E-state index in [4.69, 9.17) is 11.5 Å². The second-order valence-corrected chi connectivity index (χ2v) is 5.67. The number of nitrogens with zero attached hydrogens (tertiary/aromatic N) is 1. The number of amides is 2. The molecule has 2 rings (SSSR count). The van der Waals surface area contributed by atoms with Crippen molar-refractivity contribution in [2.45, 2.75) is 38.6 Å². The molecule has 0 saturated carbocycles. The molecular formula is C16H24N4O2. The Bertz CT molecular complexity index is 553. The minimum absolute atomic E-state index is 0.232. The van der Waals surface area contributed by atoms with Crippen LogP contribution in [0.25, 0.3) is 0 Å². The third-order valence-corrected chi connectivity index (χ3v) is 3.92. The van der Waals surface area contributed by atoms with Crippen LogP contribution in [0.2, 0.25) is 0 Å². The molecule has 22 heavy (non-hydrogen) atoms. The molecule has 1 fully saturated rings. The molecule has 0 radical (unpaired) electrons. The van der Waals surface area contributed by atoms with Crippen molar-refractivity contribution in [1.29, 1.82) is 0 Å². The molecule has 2 amide bonds. The first-order valence-electron chi connectivity index (χ1n) is 7.78. The fourth-order valence-electron chi connectivity index (χ4n) is 2.69. The predicted molar refractivity (Wildman–Crippen MR) is 87.9 cm³/mol. The van der Waals surface area contributed by atoms with Crippen molar-refractivity contribution in [2.24, 2.45) is 11.5 Å². The Morgan fingerprint density at radius 3 is 2.59 bits per heavy atom. The van der Waals surface area contributed by atoms with Crippen molar-refractivity contribution in [2.75, 3.05) is 23.3 Å². The van der Waals surface area contributed by atoms with Crippen LogP contribution < -0.4 is 21.7 Å². The average Bonchev–Trinajstić information content (AvgIpc) is 3.01. The zero-order valence-corrected chi connectivity index (χ0v) is 13.0. The fraction of sp³-hybridized carbons (Fsp3) is 0.500. The van der Waals surface area contributed by atoms with Crippen molar-refractivity contribution in [3.05, 3.63) is 23.8 Å². The lowest BCUT2D eigenvalue weighted by Crippen LogP contribution is -2.36. The lowest BCUT2D eigenvalue weighted by atomic mass is 10.1. The zero-order chi connectivity index (χ0) is 16.1. The van der Waals surface area contributed by atoms with Crippen LogP contribution in [0.5, 0.6) is 0 Å². The van der Waals surface area contributed by atoms with Gasteiger partial charge in [0.05, 0.1) is 17.4 Å². The Balaban J connectivity index is 2.26. The van der Waals surface area contributed by atoms with Gasteiger partial charge >= 0.3 is 0 Å². The topological polar surface area (TPSA) is 101 Å². The molecule has 0 aromatic heterocycles. The maximum Gasteiger partial charge on any atom is 0.248 e. The summed E-state index contributed by atoms with van der Waals surface area (Å²) in [4.78, 5) is 25.8. The molecule has 6 heteroatoms. The number of rotatable bonds is 6. The zero-order valence-electron chi connectivity index (χ0n) is 13.0. The van der Waals surface area contributed by atoms with E-state index in [-0.39, 0.29) is 5.91 Å². The molecule has 1 heterocycles. The van der Waals surface area contributed by atoms with E-state index in [1.54, 1.807) is 12.1 Å². The minimum Gasteiger partial charge on any atom is -0.370 e. The lowest BCUT2D eigenvalue weighted by molar-refractivity contribution is -0.117. The van der Waals surface area contributed by atoms with Gasteiger partial charge in [-0.2, -0.15) is 0 Å². The van der Waals surface area contributed by atoms with Gasteiger partial charge < -0.3 is 21.7 Å². The first kappa shape index (κ1) is 16.3. The predicted octanol–water partition coefficient (Wildman–Crippen LogP) is 1.45. The maximum atomic E-state index is 12.2. The second-order valence-electron chi connectivity index (χ2n) is 5.67. The molecule has 1 unspecified atom stereocenters. The third kappa shape index (κ3) is 3.76. The van der Waals surface area contributed by atoms with Crippen molar-refractivity contribution < 1.29 is 9.59 Å². The van der Waals surface area contributed by atoms with Crippen molar-refractivity contribution >= 4 is 23.2 Å². The van der Waals surface area contributed by atoms with E-state index in [0.717, 1.165) is 38.0 Å². The van der Waals surface area contributed by atoms with Gasteiger partial charge in [-0.1, -0.05) is 13.3 Å². The monoisotopic (exact) mass is 304 g/mol. The fourth-order valence-corrected chi connectivity index (χ4v) is 2.69. The molecule has 1 aromatic rings. The summed E-state index contributed by atoms with van der Waals surface area (Å²) in [6.45, 7) is 3.87. The van der Waals surface area contributed by atoms with Crippen LogP contribution in [0.1, 0.15) is 43.0 Å². The number of hydrogen-bond acceptors (Lipinski definition) is 4. The van der Waals surface area contributed by atoms with E-state index in [1.807, 2.05) is 13.0 Å². The van der Waals surface area contributed by atoms with Gasteiger partial charge in [-0.3, -0.25) is 9.59 Å². The molecule has 1 aliphatic rings. The first-order chi connectivity index (χ1) is 10.5. The normalized spacial score (nSPS) is 15.6. The van der Waals surface area contributed by atoms with Crippen LogP contribution in [-0.2, 0) is 4.79 Å². The molecule has 6 nitrogen and oxygen atoms in total. The number of hydrogen-bond donors (Lipinski definition) is 3. The Labute approximate surface area is 130 Å². The number of benzene rings is 1. The van der Waals surface area contributed by atoms with E-state index in [1.165, 1.54) is 0 Å². The van der Waals surface area contributed by atoms with Crippen LogP contribution in [0.3, 0.4) is 0 Å². The molecule has 5 N–H and O–H groups in total. The van der Waals surface area contributed by atoms with Crippen LogP contribution >= 0.6 is 0 Å².